The van der Waals surface area contributed by atoms with E-state index >= 15 is 0 Å². The molecule has 0 aromatic heterocycles. The maximum Gasteiger partial charge on any atom is 0.243 e. The van der Waals surface area contributed by atoms with Crippen LogP contribution in [0.3, 0.4) is 0 Å². The molecule has 0 amide bonds. The van der Waals surface area contributed by atoms with Crippen molar-refractivity contribution in [3.8, 4) is 6.07 Å². The molecule has 21 heavy (non-hydrogen) atoms. The Hall–Kier alpha value is -1.42. The molecule has 2 aliphatic heterocycles. The maximum absolute atomic E-state index is 13.0. The Labute approximate surface area is 125 Å². The highest BCUT2D eigenvalue weighted by Gasteiger charge is 2.47. The first-order chi connectivity index (χ1) is 9.95. The highest BCUT2D eigenvalue weighted by Crippen LogP contribution is 2.36. The Morgan fingerprint density at radius 2 is 2.14 bits per heavy atom. The quantitative estimate of drug-likeness (QED) is 0.892. The fourth-order valence-corrected chi connectivity index (χ4v) is 5.56. The van der Waals surface area contributed by atoms with Crippen LogP contribution < -0.4 is 5.32 Å². The maximum atomic E-state index is 13.0. The number of nitrogens with zero attached hydrogens (tertiary/aromatic N) is 2. The predicted molar refractivity (Wildman–Crippen MR) is 79.1 cm³/mol. The number of hydrogen-bond acceptors (Lipinski definition) is 4. The van der Waals surface area contributed by atoms with E-state index in [1.54, 1.807) is 29.4 Å². The van der Waals surface area contributed by atoms with Crippen molar-refractivity contribution in [3.63, 3.8) is 0 Å². The van der Waals surface area contributed by atoms with Gasteiger partial charge < -0.3 is 5.32 Å². The van der Waals surface area contributed by atoms with E-state index in [0.29, 0.717) is 21.9 Å². The van der Waals surface area contributed by atoms with E-state index in [2.05, 4.69) is 11.4 Å². The minimum Gasteiger partial charge on any atom is -0.315 e. The second-order valence-corrected chi connectivity index (χ2v) is 7.84. The van der Waals surface area contributed by atoms with Crippen LogP contribution in [0.15, 0.2) is 23.1 Å². The third-order valence-corrected chi connectivity index (χ3v) is 6.64. The fourth-order valence-electron chi connectivity index (χ4n) is 3.59. The summed E-state index contributed by atoms with van der Waals surface area (Å²) in [7, 11) is -3.51. The van der Waals surface area contributed by atoms with Gasteiger partial charge in [0.25, 0.3) is 0 Å². The van der Waals surface area contributed by atoms with Crippen LogP contribution in [0.1, 0.15) is 24.5 Å². The number of rotatable bonds is 2. The van der Waals surface area contributed by atoms with Crippen LogP contribution in [0.2, 0.25) is 0 Å². The third-order valence-electron chi connectivity index (χ3n) is 4.60. The number of fused-ring (bicyclic) bond motifs is 1. The van der Waals surface area contributed by atoms with E-state index in [-0.39, 0.29) is 12.1 Å². The van der Waals surface area contributed by atoms with Crippen LogP contribution in [0.5, 0.6) is 0 Å². The molecule has 3 unspecified atom stereocenters. The summed E-state index contributed by atoms with van der Waals surface area (Å²) in [6.45, 7) is 5.37. The van der Waals surface area contributed by atoms with Crippen molar-refractivity contribution in [2.75, 3.05) is 13.1 Å². The average Bonchev–Trinajstić information content (AvgIpc) is 2.97. The number of aryl methyl sites for hydroxylation is 1. The molecule has 2 aliphatic rings. The second kappa shape index (κ2) is 5.09. The Morgan fingerprint density at radius 1 is 1.38 bits per heavy atom. The van der Waals surface area contributed by atoms with Crippen molar-refractivity contribution in [2.24, 2.45) is 5.92 Å². The smallest absolute Gasteiger partial charge is 0.243 e. The molecule has 5 nitrogen and oxygen atoms in total. The first kappa shape index (κ1) is 14.5. The van der Waals surface area contributed by atoms with Crippen molar-refractivity contribution in [2.45, 2.75) is 37.2 Å². The molecule has 2 fully saturated rings. The van der Waals surface area contributed by atoms with Gasteiger partial charge in [0, 0.05) is 18.6 Å². The van der Waals surface area contributed by atoms with Crippen LogP contribution in [-0.4, -0.2) is 37.9 Å². The molecule has 0 aliphatic carbocycles. The fraction of sp³-hybridized carbons (Fsp3) is 0.533. The summed E-state index contributed by atoms with van der Waals surface area (Å²) in [4.78, 5) is 0.290. The van der Waals surface area contributed by atoms with E-state index in [0.717, 1.165) is 19.5 Å². The van der Waals surface area contributed by atoms with Crippen LogP contribution in [-0.2, 0) is 10.0 Å². The monoisotopic (exact) mass is 305 g/mol. The van der Waals surface area contributed by atoms with Crippen molar-refractivity contribution in [1.82, 2.24) is 9.62 Å². The second-order valence-electron chi connectivity index (χ2n) is 5.99. The molecule has 1 aromatic carbocycles. The Bertz CT molecular complexity index is 708. The van der Waals surface area contributed by atoms with E-state index < -0.39 is 10.0 Å². The molecular weight excluding hydrogens is 286 g/mol. The highest BCUT2D eigenvalue weighted by molar-refractivity contribution is 7.89. The lowest BCUT2D eigenvalue weighted by atomic mass is 10.0. The Morgan fingerprint density at radius 3 is 2.81 bits per heavy atom. The zero-order valence-electron chi connectivity index (χ0n) is 12.2. The van der Waals surface area contributed by atoms with Gasteiger partial charge in [-0.05, 0) is 56.5 Å². The minimum atomic E-state index is -3.51. The summed E-state index contributed by atoms with van der Waals surface area (Å²) in [6.07, 6.45) is 0.909. The summed E-state index contributed by atoms with van der Waals surface area (Å²) < 4.78 is 27.6. The van der Waals surface area contributed by atoms with Gasteiger partial charge in [0.15, 0.2) is 0 Å². The van der Waals surface area contributed by atoms with E-state index in [9.17, 15) is 8.42 Å². The van der Waals surface area contributed by atoms with E-state index in [1.807, 2.05) is 6.92 Å². The first-order valence-electron chi connectivity index (χ1n) is 7.20. The number of hydrogen-bond donors (Lipinski definition) is 1. The molecule has 0 spiro atoms. The molecule has 1 aromatic rings. The van der Waals surface area contributed by atoms with Crippen molar-refractivity contribution < 1.29 is 8.42 Å². The molecule has 3 rings (SSSR count). The topological polar surface area (TPSA) is 73.2 Å². The largest absolute Gasteiger partial charge is 0.315 e. The normalized spacial score (nSPS) is 29.3. The third kappa shape index (κ3) is 2.26. The van der Waals surface area contributed by atoms with Gasteiger partial charge in [0.2, 0.25) is 10.0 Å². The van der Waals surface area contributed by atoms with Gasteiger partial charge >= 0.3 is 0 Å². The van der Waals surface area contributed by atoms with Gasteiger partial charge in [-0.3, -0.25) is 0 Å². The zero-order valence-corrected chi connectivity index (χ0v) is 13.0. The molecule has 2 saturated heterocycles. The van der Waals surface area contributed by atoms with Gasteiger partial charge in [-0.2, -0.15) is 9.57 Å². The summed E-state index contributed by atoms with van der Waals surface area (Å²) >= 11 is 0. The van der Waals surface area contributed by atoms with Gasteiger partial charge in [-0.25, -0.2) is 8.42 Å². The minimum absolute atomic E-state index is 0.0306. The lowest BCUT2D eigenvalue weighted by Crippen LogP contribution is -2.42. The molecule has 112 valence electrons. The van der Waals surface area contributed by atoms with Crippen LogP contribution >= 0.6 is 0 Å². The van der Waals surface area contributed by atoms with E-state index in [1.165, 1.54) is 0 Å². The van der Waals surface area contributed by atoms with Gasteiger partial charge in [0.05, 0.1) is 16.5 Å². The highest BCUT2D eigenvalue weighted by atomic mass is 32.2. The molecular formula is C15H19N3O2S. The summed E-state index contributed by atoms with van der Waals surface area (Å²) in [5.74, 6) is 0.411. The Kier molecular flexibility index (Phi) is 3.52. The standard InChI is InChI=1S/C15H19N3O2S/c1-10-5-14(4-3-12(10)7-16)21(19,20)18-11(2)6-13-8-17-9-15(13)18/h3-5,11,13,15,17H,6,8-9H2,1-2H3. The number of benzene rings is 1. The number of nitrogens with one attached hydrogen (secondary N) is 1. The Balaban J connectivity index is 2.00. The van der Waals surface area contributed by atoms with Crippen LogP contribution in [0.25, 0.3) is 0 Å². The molecule has 0 radical (unpaired) electrons. The number of sulfonamides is 1. The van der Waals surface area contributed by atoms with E-state index in [4.69, 9.17) is 5.26 Å². The van der Waals surface area contributed by atoms with Crippen LogP contribution in [0.4, 0.5) is 0 Å². The molecule has 0 saturated carbocycles. The SMILES string of the molecule is Cc1cc(S(=O)(=O)N2C(C)CC3CNCC32)ccc1C#N. The zero-order chi connectivity index (χ0) is 15.2. The first-order valence-corrected chi connectivity index (χ1v) is 8.64. The van der Waals surface area contributed by atoms with Gasteiger partial charge in [-0.1, -0.05) is 0 Å². The van der Waals surface area contributed by atoms with Crippen molar-refractivity contribution in [1.29, 1.82) is 5.26 Å². The molecule has 1 N–H and O–H groups in total. The molecule has 3 atom stereocenters. The lowest BCUT2D eigenvalue weighted by molar-refractivity contribution is 0.335. The summed E-state index contributed by atoms with van der Waals surface area (Å²) in [5, 5.41) is 12.2. The van der Waals surface area contributed by atoms with Crippen LogP contribution in [0, 0.1) is 24.2 Å². The molecule has 6 heteroatoms. The van der Waals surface area contributed by atoms with Gasteiger partial charge in [-0.15, -0.1) is 0 Å². The summed E-state index contributed by atoms with van der Waals surface area (Å²) in [5.41, 5.74) is 1.22. The molecule has 0 bridgehead atoms. The predicted octanol–water partition coefficient (Wildman–Crippen LogP) is 1.24. The molecule has 2 heterocycles. The summed E-state index contributed by atoms with van der Waals surface area (Å²) in [6, 6.07) is 6.90. The van der Waals surface area contributed by atoms with Gasteiger partial charge in [0.1, 0.15) is 0 Å². The van der Waals surface area contributed by atoms with Crippen molar-refractivity contribution >= 4 is 10.0 Å². The average molecular weight is 305 g/mol. The van der Waals surface area contributed by atoms with Crippen molar-refractivity contribution in [3.05, 3.63) is 29.3 Å². The number of nitriles is 1. The lowest BCUT2D eigenvalue weighted by Gasteiger charge is -2.26.